The Labute approximate surface area is 360 Å². The Morgan fingerprint density at radius 2 is 0.920 bits per heavy atom. The van der Waals surface area contributed by atoms with Gasteiger partial charge in [0.15, 0.2) is 0 Å². The molecule has 0 rings (SSSR count). The van der Waals surface area contributed by atoms with Crippen LogP contribution < -0.4 is 0 Å². The molecule has 0 N–H and O–H groups in total. The normalized spacial score (nSPS) is 7.00. The maximum Gasteiger partial charge on any atom is 2.00 e. The topological polar surface area (TPSA) is 12.4 Å². The Morgan fingerprint density at radius 3 is 0.960 bits per heavy atom. The van der Waals surface area contributed by atoms with E-state index in [0.29, 0.717) is 17.9 Å². The fourth-order valence-corrected chi connectivity index (χ4v) is 0.556. The molecule has 129 valence electrons. The number of rotatable bonds is 2. The Bertz CT molecular complexity index is 171. The summed E-state index contributed by atoms with van der Waals surface area (Å²) in [6.45, 7) is 22.4. The molecule has 0 saturated heterocycles. The minimum Gasteiger partial charge on any atom is -0.341 e. The van der Waals surface area contributed by atoms with E-state index in [-0.39, 0.29) is 266 Å². The van der Waals surface area contributed by atoms with Crippen LogP contribution in [0.2, 0.25) is 0 Å². The van der Waals surface area contributed by atoms with Gasteiger partial charge < -0.3 is 13.3 Å². The second-order valence-electron chi connectivity index (χ2n) is 4.99. The van der Waals surface area contributed by atoms with Gasteiger partial charge in [0.1, 0.15) is 0 Å². The minimum atomic E-state index is 0. The van der Waals surface area contributed by atoms with Gasteiger partial charge in [0.25, 0.3) is 0 Å². The molecule has 0 bridgehead atoms. The summed E-state index contributed by atoms with van der Waals surface area (Å²) in [5, 5.41) is 0. The van der Waals surface area contributed by atoms with E-state index >= 15 is 0 Å². The molecule has 0 fully saturated rings. The summed E-state index contributed by atoms with van der Waals surface area (Å²) in [5.74, 6) is 1.19. The smallest absolute Gasteiger partial charge is 0.341 e. The molecular formula is C15H33NV2Y7. The van der Waals surface area contributed by atoms with Crippen LogP contribution in [-0.2, 0) is 266 Å². The van der Waals surface area contributed by atoms with Gasteiger partial charge in [-0.15, -0.1) is 0 Å². The van der Waals surface area contributed by atoms with E-state index in [1.54, 1.807) is 0 Å². The van der Waals surface area contributed by atoms with Crippen LogP contribution in [0, 0.1) is 25.2 Å². The zero-order valence-electron chi connectivity index (χ0n) is 17.9. The average Bonchev–Trinajstić information content (AvgIpc) is 2.02. The van der Waals surface area contributed by atoms with Crippen LogP contribution in [0.4, 0.5) is 0 Å². The molecule has 0 aliphatic rings. The van der Waals surface area contributed by atoms with Crippen LogP contribution in [0.15, 0.2) is 4.99 Å². The Kier molecular flexibility index (Phi) is 195. The Morgan fingerprint density at radius 1 is 0.760 bits per heavy atom. The molecule has 10 heteroatoms. The van der Waals surface area contributed by atoms with Gasteiger partial charge in [0.05, 0.1) is 0 Å². The first-order valence-electron chi connectivity index (χ1n) is 6.30. The minimum absolute atomic E-state index is 0. The first kappa shape index (κ1) is 76.5. The maximum atomic E-state index is 4.39. The number of nitrogens with zero attached hydrogens (tertiary/aromatic N) is 1. The Hall–Kier alpha value is 8.57. The Balaban J connectivity index is -0.00000000954. The molecule has 0 unspecified atom stereocenters. The summed E-state index contributed by atoms with van der Waals surface area (Å²) in [4.78, 5) is 4.39. The molecule has 0 aromatic heterocycles. The van der Waals surface area contributed by atoms with Crippen molar-refractivity contribution >= 4 is 5.71 Å². The van der Waals surface area contributed by atoms with Crippen molar-refractivity contribution in [3.8, 4) is 0 Å². The van der Waals surface area contributed by atoms with Gasteiger partial charge in [0, 0.05) is 259 Å². The van der Waals surface area contributed by atoms with Crippen molar-refractivity contribution in [2.24, 2.45) is 16.8 Å². The second kappa shape index (κ2) is 63.7. The van der Waals surface area contributed by atoms with Gasteiger partial charge in [-0.05, 0) is 26.7 Å². The van der Waals surface area contributed by atoms with Crippen LogP contribution in [0.1, 0.15) is 62.3 Å². The van der Waals surface area contributed by atoms with E-state index in [1.807, 2.05) is 20.3 Å². The summed E-state index contributed by atoms with van der Waals surface area (Å²) < 4.78 is 0. The molecule has 0 amide bonds. The molecule has 0 saturated carbocycles. The molecule has 25 heavy (non-hydrogen) atoms. The second-order valence-corrected chi connectivity index (χ2v) is 4.99. The molecule has 0 aliphatic heterocycles. The number of hydrogen-bond donors (Lipinski definition) is 0. The third kappa shape index (κ3) is 111. The first-order valence-corrected chi connectivity index (χ1v) is 6.30. The summed E-state index contributed by atoms with van der Waals surface area (Å²) in [7, 11) is 0. The summed E-state index contributed by atoms with van der Waals surface area (Å²) >= 11 is 0. The molecule has 0 aromatic rings. The standard InChI is InChI=1S/C8H17N.C4H9.C3H7.2V.7Y/c1-6(2)8(5)9-7(3)4;1-4(2)3;1-3-2;;;;;;;;;/h6-7H,1-5H3;4H,1H2,2-3H3;3H,1-2H3;;;;;;;;;/q;2*-1;;+2;;;;;;;. The van der Waals surface area contributed by atoms with Crippen LogP contribution in [-0.4, -0.2) is 11.8 Å². The van der Waals surface area contributed by atoms with Gasteiger partial charge >= 0.3 is 18.6 Å². The molecule has 0 spiro atoms. The van der Waals surface area contributed by atoms with Crippen molar-refractivity contribution < 1.29 is 266 Å². The number of aliphatic imine (C=N–C) groups is 1. The largest absolute Gasteiger partial charge is 2.00 e. The molecule has 0 heterocycles. The van der Waals surface area contributed by atoms with E-state index < -0.39 is 0 Å². The fourth-order valence-electron chi connectivity index (χ4n) is 0.556. The van der Waals surface area contributed by atoms with Crippen LogP contribution in [0.25, 0.3) is 0 Å². The third-order valence-electron chi connectivity index (χ3n) is 1.30. The van der Waals surface area contributed by atoms with Crippen LogP contribution in [0.3, 0.4) is 0 Å². The summed E-state index contributed by atoms with van der Waals surface area (Å²) in [6, 6.07) is 0.451. The quantitative estimate of drug-likeness (QED) is 0.267. The molecule has 0 aliphatic carbocycles. The molecule has 9 radical (unpaired) electrons. The van der Waals surface area contributed by atoms with Crippen molar-refractivity contribution in [1.29, 1.82) is 0 Å². The molecular weight excluding hydrogens is 918 g/mol. The van der Waals surface area contributed by atoms with Crippen LogP contribution >= 0.6 is 0 Å². The van der Waals surface area contributed by atoms with Gasteiger partial charge in [-0.25, -0.2) is 0 Å². The summed E-state index contributed by atoms with van der Waals surface area (Å²) in [5.41, 5.74) is 1.25. The average molecular weight is 952 g/mol. The van der Waals surface area contributed by atoms with Gasteiger partial charge in [-0.1, -0.05) is 27.7 Å². The van der Waals surface area contributed by atoms with Crippen molar-refractivity contribution in [3.63, 3.8) is 0 Å². The monoisotopic (exact) mass is 951 g/mol. The van der Waals surface area contributed by atoms with E-state index in [9.17, 15) is 0 Å². The van der Waals surface area contributed by atoms with Gasteiger partial charge in [-0.3, -0.25) is 4.99 Å². The number of hydrogen-bond acceptors (Lipinski definition) is 1. The van der Waals surface area contributed by atoms with E-state index in [4.69, 9.17) is 0 Å². The van der Waals surface area contributed by atoms with Crippen molar-refractivity contribution in [3.05, 3.63) is 13.3 Å². The first-order chi connectivity index (χ1) is 7.18. The zero-order valence-corrected chi connectivity index (χ0v) is 40.6. The fraction of sp³-hybridized carbons (Fsp3) is 0.800. The molecule has 0 aromatic carbocycles. The SMILES string of the molecule is CC(=NC(C)C)C(C)C.C[CH-]C.[CH2-]C(C)C.[V+2].[V].[Y].[Y].[Y].[Y].[Y].[Y].[Y]. The van der Waals surface area contributed by atoms with Crippen molar-refractivity contribution in [2.45, 2.75) is 68.4 Å². The molecule has 0 atom stereocenters. The van der Waals surface area contributed by atoms with Crippen molar-refractivity contribution in [2.75, 3.05) is 0 Å². The predicted molar refractivity (Wildman–Crippen MR) is 78.9 cm³/mol. The third-order valence-corrected chi connectivity index (χ3v) is 1.30. The maximum absolute atomic E-state index is 4.39. The summed E-state index contributed by atoms with van der Waals surface area (Å²) in [6.07, 6.45) is 2.00. The van der Waals surface area contributed by atoms with Gasteiger partial charge in [-0.2, -0.15) is 19.8 Å². The zero-order chi connectivity index (χ0) is 13.7. The van der Waals surface area contributed by atoms with Crippen LogP contribution in [0.5, 0.6) is 0 Å². The van der Waals surface area contributed by atoms with E-state index in [2.05, 4.69) is 60.4 Å². The van der Waals surface area contributed by atoms with E-state index in [0.717, 1.165) is 0 Å². The van der Waals surface area contributed by atoms with E-state index in [1.165, 1.54) is 5.71 Å². The molecule has 1 nitrogen and oxygen atoms in total. The predicted octanol–water partition coefficient (Wildman–Crippen LogP) is 5.20. The van der Waals surface area contributed by atoms with Gasteiger partial charge in [0.2, 0.25) is 0 Å². The van der Waals surface area contributed by atoms with Crippen molar-refractivity contribution in [1.82, 2.24) is 0 Å².